The van der Waals surface area contributed by atoms with Gasteiger partial charge in [-0.25, -0.2) is 18.4 Å². The van der Waals surface area contributed by atoms with Crippen LogP contribution in [0.2, 0.25) is 0 Å². The number of pyridine rings is 1. The average molecular weight is 411 g/mol. The van der Waals surface area contributed by atoms with Crippen molar-refractivity contribution in [2.75, 3.05) is 36.4 Å². The molecule has 0 aliphatic carbocycles. The molecule has 156 valence electrons. The molecular formula is C21H23F2N7. The minimum absolute atomic E-state index is 0.263. The molecule has 1 aromatic carbocycles. The highest BCUT2D eigenvalue weighted by Crippen LogP contribution is 2.33. The van der Waals surface area contributed by atoms with Crippen LogP contribution in [0.25, 0.3) is 16.6 Å². The van der Waals surface area contributed by atoms with E-state index in [1.165, 1.54) is 6.07 Å². The second-order valence-electron chi connectivity index (χ2n) is 7.54. The first-order valence-corrected chi connectivity index (χ1v) is 10.1. The van der Waals surface area contributed by atoms with E-state index in [-0.39, 0.29) is 11.5 Å². The van der Waals surface area contributed by atoms with Gasteiger partial charge in [0.05, 0.1) is 22.3 Å². The molecule has 1 aliphatic rings. The van der Waals surface area contributed by atoms with Crippen LogP contribution in [0.15, 0.2) is 30.6 Å². The fourth-order valence-corrected chi connectivity index (χ4v) is 4.05. The second kappa shape index (κ2) is 7.24. The summed E-state index contributed by atoms with van der Waals surface area (Å²) in [7, 11) is 0. The molecule has 0 radical (unpaired) electrons. The van der Waals surface area contributed by atoms with Gasteiger partial charge in [0, 0.05) is 56.9 Å². The lowest BCUT2D eigenvalue weighted by Crippen LogP contribution is -2.43. The highest BCUT2D eigenvalue weighted by molar-refractivity contribution is 5.94. The van der Waals surface area contributed by atoms with Gasteiger partial charge in [0.2, 0.25) is 0 Å². The Kier molecular flexibility index (Phi) is 4.54. The van der Waals surface area contributed by atoms with Crippen molar-refractivity contribution in [3.63, 3.8) is 0 Å². The Morgan fingerprint density at radius 3 is 2.67 bits per heavy atom. The number of hydrogen-bond acceptors (Lipinski definition) is 5. The number of rotatable bonds is 4. The predicted octanol–water partition coefficient (Wildman–Crippen LogP) is 3.44. The molecule has 0 amide bonds. The SMILES string of the molecule is CCn1nc2cc(N3CCNCC3)cc(F)c2c1Nc1cc(F)c2nc(C)cn2c1. The number of benzene rings is 1. The van der Waals surface area contributed by atoms with Crippen molar-refractivity contribution >= 4 is 33.7 Å². The number of piperazine rings is 1. The molecule has 3 aromatic heterocycles. The monoisotopic (exact) mass is 411 g/mol. The van der Waals surface area contributed by atoms with Crippen LogP contribution in [0.5, 0.6) is 0 Å². The molecule has 7 nitrogen and oxygen atoms in total. The summed E-state index contributed by atoms with van der Waals surface area (Å²) in [5.41, 5.74) is 2.89. The summed E-state index contributed by atoms with van der Waals surface area (Å²) >= 11 is 0. The van der Waals surface area contributed by atoms with Gasteiger partial charge in [-0.2, -0.15) is 5.10 Å². The molecular weight excluding hydrogens is 388 g/mol. The maximum Gasteiger partial charge on any atom is 0.173 e. The van der Waals surface area contributed by atoms with E-state index in [9.17, 15) is 4.39 Å². The summed E-state index contributed by atoms with van der Waals surface area (Å²) in [5, 5.41) is 11.5. The summed E-state index contributed by atoms with van der Waals surface area (Å²) in [5.74, 6) is -0.280. The molecule has 4 aromatic rings. The van der Waals surface area contributed by atoms with Crippen LogP contribution >= 0.6 is 0 Å². The summed E-state index contributed by atoms with van der Waals surface area (Å²) in [6.07, 6.45) is 3.49. The minimum Gasteiger partial charge on any atom is -0.369 e. The van der Waals surface area contributed by atoms with Crippen LogP contribution in [0, 0.1) is 18.6 Å². The van der Waals surface area contributed by atoms with Crippen LogP contribution in [-0.2, 0) is 6.54 Å². The number of aryl methyl sites for hydroxylation is 2. The molecule has 5 rings (SSSR count). The largest absolute Gasteiger partial charge is 0.369 e. The molecule has 1 fully saturated rings. The van der Waals surface area contributed by atoms with Gasteiger partial charge in [0.1, 0.15) is 11.6 Å². The topological polar surface area (TPSA) is 62.4 Å². The highest BCUT2D eigenvalue weighted by atomic mass is 19.1. The van der Waals surface area contributed by atoms with E-state index >= 15 is 4.39 Å². The van der Waals surface area contributed by atoms with E-state index in [1.54, 1.807) is 27.5 Å². The summed E-state index contributed by atoms with van der Waals surface area (Å²) in [6.45, 7) is 7.70. The molecule has 30 heavy (non-hydrogen) atoms. The van der Waals surface area contributed by atoms with Crippen LogP contribution in [-0.4, -0.2) is 45.3 Å². The van der Waals surface area contributed by atoms with Crippen molar-refractivity contribution in [2.45, 2.75) is 20.4 Å². The molecule has 4 heterocycles. The molecule has 1 saturated heterocycles. The van der Waals surface area contributed by atoms with Crippen molar-refractivity contribution in [3.8, 4) is 0 Å². The van der Waals surface area contributed by atoms with Crippen molar-refractivity contribution in [2.24, 2.45) is 0 Å². The third kappa shape index (κ3) is 3.15. The van der Waals surface area contributed by atoms with E-state index in [1.807, 2.05) is 19.9 Å². The first kappa shape index (κ1) is 18.8. The van der Waals surface area contributed by atoms with Gasteiger partial charge in [0.15, 0.2) is 11.5 Å². The number of nitrogens with one attached hydrogen (secondary N) is 2. The predicted molar refractivity (Wildman–Crippen MR) is 114 cm³/mol. The van der Waals surface area contributed by atoms with Gasteiger partial charge in [-0.1, -0.05) is 0 Å². The molecule has 0 bridgehead atoms. The Labute approximate surface area is 172 Å². The molecule has 0 saturated carbocycles. The van der Waals surface area contributed by atoms with E-state index < -0.39 is 5.82 Å². The number of fused-ring (bicyclic) bond motifs is 2. The molecule has 9 heteroatoms. The smallest absolute Gasteiger partial charge is 0.173 e. The molecule has 1 aliphatic heterocycles. The lowest BCUT2D eigenvalue weighted by atomic mass is 10.2. The van der Waals surface area contributed by atoms with Crippen molar-refractivity contribution in [1.82, 2.24) is 24.5 Å². The Morgan fingerprint density at radius 2 is 1.90 bits per heavy atom. The third-order valence-electron chi connectivity index (χ3n) is 5.45. The molecule has 0 spiro atoms. The Hall–Kier alpha value is -3.20. The summed E-state index contributed by atoms with van der Waals surface area (Å²) < 4.78 is 33.0. The number of imidazole rings is 1. The highest BCUT2D eigenvalue weighted by Gasteiger charge is 2.20. The van der Waals surface area contributed by atoms with Crippen LogP contribution in [0.4, 0.5) is 26.0 Å². The normalized spacial score (nSPS) is 14.7. The van der Waals surface area contributed by atoms with E-state index in [0.717, 1.165) is 37.6 Å². The van der Waals surface area contributed by atoms with E-state index in [0.29, 0.717) is 29.0 Å². The standard InChI is InChI=1S/C21H23F2N7/c1-3-30-21(26-14-8-17(23)20-25-13(2)11-29(20)12-14)19-16(22)9-15(10-18(19)27-30)28-6-4-24-5-7-28/h8-12,24,26H,3-7H2,1-2H3. The first-order chi connectivity index (χ1) is 14.5. The zero-order valence-corrected chi connectivity index (χ0v) is 16.9. The van der Waals surface area contributed by atoms with Gasteiger partial charge in [0.25, 0.3) is 0 Å². The second-order valence-corrected chi connectivity index (χ2v) is 7.54. The Morgan fingerprint density at radius 1 is 1.10 bits per heavy atom. The van der Waals surface area contributed by atoms with E-state index in [4.69, 9.17) is 0 Å². The van der Waals surface area contributed by atoms with Crippen LogP contribution in [0.3, 0.4) is 0 Å². The number of aromatic nitrogens is 4. The maximum atomic E-state index is 15.2. The van der Waals surface area contributed by atoms with Gasteiger partial charge in [-0.15, -0.1) is 0 Å². The third-order valence-corrected chi connectivity index (χ3v) is 5.45. The lowest BCUT2D eigenvalue weighted by Gasteiger charge is -2.29. The fourth-order valence-electron chi connectivity index (χ4n) is 4.05. The number of anilines is 3. The Balaban J connectivity index is 1.58. The molecule has 2 N–H and O–H groups in total. The number of nitrogens with zero attached hydrogens (tertiary/aromatic N) is 5. The van der Waals surface area contributed by atoms with Crippen LogP contribution in [0.1, 0.15) is 12.6 Å². The number of halogens is 2. The van der Waals surface area contributed by atoms with Gasteiger partial charge in [-0.05, 0) is 26.0 Å². The first-order valence-electron chi connectivity index (χ1n) is 10.1. The van der Waals surface area contributed by atoms with Gasteiger partial charge in [-0.3, -0.25) is 0 Å². The molecule has 0 unspecified atom stereocenters. The zero-order chi connectivity index (χ0) is 20.8. The summed E-state index contributed by atoms with van der Waals surface area (Å²) in [4.78, 5) is 6.33. The summed E-state index contributed by atoms with van der Waals surface area (Å²) in [6, 6.07) is 4.85. The van der Waals surface area contributed by atoms with Gasteiger partial charge < -0.3 is 19.9 Å². The average Bonchev–Trinajstić information content (AvgIpc) is 3.29. The fraction of sp³-hybridized carbons (Fsp3) is 0.333. The van der Waals surface area contributed by atoms with Crippen molar-refractivity contribution in [3.05, 3.63) is 47.9 Å². The maximum absolute atomic E-state index is 15.2. The number of hydrogen-bond donors (Lipinski definition) is 2. The van der Waals surface area contributed by atoms with Crippen LogP contribution < -0.4 is 15.5 Å². The quantitative estimate of drug-likeness (QED) is 0.539. The Bertz CT molecular complexity index is 1240. The molecule has 0 atom stereocenters. The van der Waals surface area contributed by atoms with Gasteiger partial charge >= 0.3 is 0 Å². The van der Waals surface area contributed by atoms with E-state index in [2.05, 4.69) is 25.6 Å². The minimum atomic E-state index is -0.443. The zero-order valence-electron chi connectivity index (χ0n) is 16.9. The lowest BCUT2D eigenvalue weighted by molar-refractivity contribution is 0.586. The van der Waals surface area contributed by atoms with Crippen molar-refractivity contribution in [1.29, 1.82) is 0 Å². The van der Waals surface area contributed by atoms with Crippen molar-refractivity contribution < 1.29 is 8.78 Å².